The zero-order valence-corrected chi connectivity index (χ0v) is 11.4. The van der Waals surface area contributed by atoms with E-state index in [0.29, 0.717) is 18.5 Å². The van der Waals surface area contributed by atoms with Crippen molar-refractivity contribution in [2.45, 2.75) is 50.6 Å². The van der Waals surface area contributed by atoms with Crippen molar-refractivity contribution in [2.24, 2.45) is 11.7 Å². The zero-order chi connectivity index (χ0) is 12.7. The normalized spacial score (nSPS) is 29.3. The van der Waals surface area contributed by atoms with Gasteiger partial charge in [-0.25, -0.2) is 0 Å². The molecule has 2 fully saturated rings. The van der Waals surface area contributed by atoms with Crippen LogP contribution < -0.4 is 5.73 Å². The van der Waals surface area contributed by atoms with Gasteiger partial charge in [0.05, 0.1) is 6.04 Å². The lowest BCUT2D eigenvalue weighted by Crippen LogP contribution is -2.42. The smallest absolute Gasteiger partial charge is 0.122 e. The molecule has 3 heteroatoms. The van der Waals surface area contributed by atoms with Crippen LogP contribution >= 0.6 is 0 Å². The molecule has 2 aliphatic rings. The average Bonchev–Trinajstić information content (AvgIpc) is 2.82. The summed E-state index contributed by atoms with van der Waals surface area (Å²) in [5.41, 5.74) is 5.95. The molecular weight excluding hydrogens is 224 g/mol. The highest BCUT2D eigenvalue weighted by atomic mass is 16.3. The molecule has 0 bridgehead atoms. The summed E-state index contributed by atoms with van der Waals surface area (Å²) in [5, 5.41) is 0. The van der Waals surface area contributed by atoms with Crippen LogP contribution in [-0.4, -0.2) is 24.5 Å². The summed E-state index contributed by atoms with van der Waals surface area (Å²) in [6.45, 7) is 2.92. The van der Waals surface area contributed by atoms with Crippen molar-refractivity contribution < 1.29 is 4.42 Å². The summed E-state index contributed by atoms with van der Waals surface area (Å²) in [7, 11) is 2.18. The minimum Gasteiger partial charge on any atom is -0.464 e. The summed E-state index contributed by atoms with van der Waals surface area (Å²) >= 11 is 0. The van der Waals surface area contributed by atoms with E-state index in [9.17, 15) is 0 Å². The summed E-state index contributed by atoms with van der Waals surface area (Å²) < 4.78 is 6.05. The first kappa shape index (κ1) is 12.2. The van der Waals surface area contributed by atoms with E-state index in [1.165, 1.54) is 25.7 Å². The van der Waals surface area contributed by atoms with Gasteiger partial charge in [0.25, 0.3) is 0 Å². The summed E-state index contributed by atoms with van der Waals surface area (Å²) in [6, 6.07) is 5.23. The summed E-state index contributed by atoms with van der Waals surface area (Å²) in [5.74, 6) is 3.68. The van der Waals surface area contributed by atoms with E-state index in [-0.39, 0.29) is 6.04 Å². The summed E-state index contributed by atoms with van der Waals surface area (Å²) in [4.78, 5) is 2.41. The van der Waals surface area contributed by atoms with Gasteiger partial charge in [0.1, 0.15) is 11.5 Å². The molecule has 18 heavy (non-hydrogen) atoms. The second kappa shape index (κ2) is 4.71. The highest BCUT2D eigenvalue weighted by molar-refractivity contribution is 5.19. The van der Waals surface area contributed by atoms with Gasteiger partial charge in [0, 0.05) is 18.5 Å². The maximum atomic E-state index is 6.05. The van der Waals surface area contributed by atoms with Gasteiger partial charge in [0.2, 0.25) is 0 Å². The molecule has 3 nitrogen and oxygen atoms in total. The number of furan rings is 1. The number of rotatable bonds is 5. The van der Waals surface area contributed by atoms with Crippen molar-refractivity contribution in [1.29, 1.82) is 0 Å². The van der Waals surface area contributed by atoms with E-state index in [2.05, 4.69) is 31.0 Å². The van der Waals surface area contributed by atoms with Gasteiger partial charge in [-0.2, -0.15) is 0 Å². The standard InChI is InChI=1S/C15H24N2O/c1-10-8-12(10)14-6-7-15(18-14)13(9-16)17(2)11-4-3-5-11/h6-7,10-13H,3-5,8-9,16H2,1-2H3. The Balaban J connectivity index is 1.72. The Morgan fingerprint density at radius 1 is 1.44 bits per heavy atom. The molecule has 0 saturated heterocycles. The molecule has 3 unspecified atom stereocenters. The third-order valence-electron chi connectivity index (χ3n) is 4.82. The molecule has 0 amide bonds. The Morgan fingerprint density at radius 3 is 2.67 bits per heavy atom. The molecule has 3 atom stereocenters. The number of nitrogens with two attached hydrogens (primary N) is 1. The Morgan fingerprint density at radius 2 is 2.17 bits per heavy atom. The van der Waals surface area contributed by atoms with Crippen LogP contribution in [0.5, 0.6) is 0 Å². The fourth-order valence-electron chi connectivity index (χ4n) is 3.00. The quantitative estimate of drug-likeness (QED) is 0.871. The van der Waals surface area contributed by atoms with E-state index in [0.717, 1.165) is 17.4 Å². The molecule has 0 aromatic carbocycles. The lowest BCUT2D eigenvalue weighted by atomic mass is 9.90. The van der Waals surface area contributed by atoms with Crippen LogP contribution in [0, 0.1) is 5.92 Å². The predicted octanol–water partition coefficient (Wildman–Crippen LogP) is 2.89. The van der Waals surface area contributed by atoms with Gasteiger partial charge < -0.3 is 10.2 Å². The Kier molecular flexibility index (Phi) is 3.20. The number of hydrogen-bond acceptors (Lipinski definition) is 3. The second-order valence-corrected chi connectivity index (χ2v) is 6.06. The summed E-state index contributed by atoms with van der Waals surface area (Å²) in [6.07, 6.45) is 5.24. The van der Waals surface area contributed by atoms with Crippen molar-refractivity contribution in [3.63, 3.8) is 0 Å². The van der Waals surface area contributed by atoms with E-state index < -0.39 is 0 Å². The van der Waals surface area contributed by atoms with Gasteiger partial charge in [-0.3, -0.25) is 4.90 Å². The lowest BCUT2D eigenvalue weighted by Gasteiger charge is -2.38. The molecule has 1 heterocycles. The molecule has 100 valence electrons. The fraction of sp³-hybridized carbons (Fsp3) is 0.733. The maximum Gasteiger partial charge on any atom is 0.122 e. The predicted molar refractivity (Wildman–Crippen MR) is 72.4 cm³/mol. The van der Waals surface area contributed by atoms with Crippen molar-refractivity contribution in [3.05, 3.63) is 23.7 Å². The van der Waals surface area contributed by atoms with E-state index in [4.69, 9.17) is 10.2 Å². The Hall–Kier alpha value is -0.800. The van der Waals surface area contributed by atoms with Crippen molar-refractivity contribution in [1.82, 2.24) is 4.90 Å². The van der Waals surface area contributed by atoms with E-state index in [1.807, 2.05) is 0 Å². The zero-order valence-electron chi connectivity index (χ0n) is 11.4. The van der Waals surface area contributed by atoms with Crippen LogP contribution in [0.1, 0.15) is 56.1 Å². The maximum absolute atomic E-state index is 6.05. The largest absolute Gasteiger partial charge is 0.464 e. The average molecular weight is 248 g/mol. The monoisotopic (exact) mass is 248 g/mol. The topological polar surface area (TPSA) is 42.4 Å². The minimum absolute atomic E-state index is 0.248. The lowest BCUT2D eigenvalue weighted by molar-refractivity contribution is 0.100. The van der Waals surface area contributed by atoms with Crippen LogP contribution in [0.2, 0.25) is 0 Å². The van der Waals surface area contributed by atoms with Crippen LogP contribution in [0.3, 0.4) is 0 Å². The van der Waals surface area contributed by atoms with Crippen LogP contribution in [0.15, 0.2) is 16.5 Å². The molecule has 2 aliphatic carbocycles. The third-order valence-corrected chi connectivity index (χ3v) is 4.82. The number of nitrogens with zero attached hydrogens (tertiary/aromatic N) is 1. The van der Waals surface area contributed by atoms with Crippen LogP contribution in [0.25, 0.3) is 0 Å². The van der Waals surface area contributed by atoms with Gasteiger partial charge in [-0.05, 0) is 44.4 Å². The first-order valence-electron chi connectivity index (χ1n) is 7.22. The first-order valence-corrected chi connectivity index (χ1v) is 7.22. The highest BCUT2D eigenvalue weighted by Crippen LogP contribution is 2.47. The van der Waals surface area contributed by atoms with Gasteiger partial charge in [-0.15, -0.1) is 0 Å². The van der Waals surface area contributed by atoms with Gasteiger partial charge >= 0.3 is 0 Å². The molecular formula is C15H24N2O. The molecule has 3 rings (SSSR count). The number of likely N-dealkylation sites (N-methyl/N-ethyl adjacent to an activating group) is 1. The number of hydrogen-bond donors (Lipinski definition) is 1. The first-order chi connectivity index (χ1) is 8.70. The van der Waals surface area contributed by atoms with Crippen molar-refractivity contribution in [2.75, 3.05) is 13.6 Å². The SMILES string of the molecule is CC1CC1c1ccc(C(CN)N(C)C2CCC2)o1. The Labute approximate surface area is 109 Å². The fourth-order valence-corrected chi connectivity index (χ4v) is 3.00. The van der Waals surface area contributed by atoms with E-state index in [1.54, 1.807) is 0 Å². The van der Waals surface area contributed by atoms with E-state index >= 15 is 0 Å². The molecule has 2 saturated carbocycles. The molecule has 2 N–H and O–H groups in total. The molecule has 1 aromatic heterocycles. The third kappa shape index (κ3) is 2.10. The van der Waals surface area contributed by atoms with Crippen LogP contribution in [-0.2, 0) is 0 Å². The van der Waals surface area contributed by atoms with Crippen molar-refractivity contribution in [3.8, 4) is 0 Å². The molecule has 0 radical (unpaired) electrons. The second-order valence-electron chi connectivity index (χ2n) is 6.06. The van der Waals surface area contributed by atoms with Crippen molar-refractivity contribution >= 4 is 0 Å². The molecule has 0 aliphatic heterocycles. The molecule has 1 aromatic rings. The minimum atomic E-state index is 0.248. The Bertz CT molecular complexity index is 410. The highest BCUT2D eigenvalue weighted by Gasteiger charge is 2.37. The molecule has 0 spiro atoms. The van der Waals surface area contributed by atoms with Gasteiger partial charge in [0.15, 0.2) is 0 Å². The van der Waals surface area contributed by atoms with Gasteiger partial charge in [-0.1, -0.05) is 13.3 Å². The van der Waals surface area contributed by atoms with Crippen LogP contribution in [0.4, 0.5) is 0 Å².